The number of hydrogen-bond donors (Lipinski definition) is 1. The maximum atomic E-state index is 5.86. The van der Waals surface area contributed by atoms with E-state index in [1.807, 2.05) is 66.9 Å². The smallest absolute Gasteiger partial charge is 0.194 e. The first kappa shape index (κ1) is 20.8. The summed E-state index contributed by atoms with van der Waals surface area (Å²) in [6.07, 6.45) is 3.88. The number of ether oxygens (including phenoxy) is 1. The first-order valence-electron chi connectivity index (χ1n) is 10.9. The molecule has 4 heterocycles. The molecule has 6 nitrogen and oxygen atoms in total. The third kappa shape index (κ3) is 3.52. The van der Waals surface area contributed by atoms with Gasteiger partial charge < -0.3 is 15.0 Å². The fraction of sp³-hybridized carbons (Fsp3) is 0.115. The van der Waals surface area contributed by atoms with E-state index in [4.69, 9.17) is 21.9 Å². The Hall–Kier alpha value is -3.75. The van der Waals surface area contributed by atoms with Gasteiger partial charge in [-0.05, 0) is 72.9 Å². The molecule has 2 aromatic carbocycles. The number of fused-ring (bicyclic) bond motifs is 1. The largest absolute Gasteiger partial charge is 0.497 e. The minimum Gasteiger partial charge on any atom is -0.497 e. The predicted octanol–water partition coefficient (Wildman–Crippen LogP) is 5.67. The summed E-state index contributed by atoms with van der Waals surface area (Å²) in [6, 6.07) is 26.1. The van der Waals surface area contributed by atoms with Crippen LogP contribution in [-0.4, -0.2) is 26.8 Å². The molecule has 34 heavy (non-hydrogen) atoms. The van der Waals surface area contributed by atoms with Gasteiger partial charge in [0.1, 0.15) is 11.8 Å². The van der Waals surface area contributed by atoms with Gasteiger partial charge in [-0.25, -0.2) is 4.98 Å². The Morgan fingerprint density at radius 1 is 0.971 bits per heavy atom. The summed E-state index contributed by atoms with van der Waals surface area (Å²) in [5.74, 6) is 0.803. The SMILES string of the molecule is COc1ccc(N2C(=S)N[C@H](c3ccccn3)[C@H]2c2cccn2-c2nc3ccccc3s2)cc1. The van der Waals surface area contributed by atoms with Crippen molar-refractivity contribution in [2.45, 2.75) is 12.1 Å². The molecule has 0 unspecified atom stereocenters. The Labute approximate surface area is 206 Å². The van der Waals surface area contributed by atoms with Crippen LogP contribution in [0.3, 0.4) is 0 Å². The van der Waals surface area contributed by atoms with E-state index in [1.54, 1.807) is 18.4 Å². The van der Waals surface area contributed by atoms with Gasteiger partial charge in [0.2, 0.25) is 0 Å². The fourth-order valence-corrected chi connectivity index (χ4v) is 5.76. The highest BCUT2D eigenvalue weighted by molar-refractivity contribution is 7.80. The van der Waals surface area contributed by atoms with Gasteiger partial charge in [-0.15, -0.1) is 0 Å². The summed E-state index contributed by atoms with van der Waals surface area (Å²) < 4.78 is 8.69. The first-order valence-corrected chi connectivity index (χ1v) is 12.1. The minimum absolute atomic E-state index is 0.126. The van der Waals surface area contributed by atoms with Gasteiger partial charge in [0.05, 0.1) is 34.8 Å². The highest BCUT2D eigenvalue weighted by Crippen LogP contribution is 2.43. The van der Waals surface area contributed by atoms with Crippen LogP contribution in [0.25, 0.3) is 15.3 Å². The standard InChI is InChI=1S/C26H21N5OS2/c1-32-18-13-11-17(12-14-18)31-24(23(29-25(31)33)20-8-4-5-15-27-20)21-9-6-16-30(21)26-28-19-7-2-3-10-22(19)34-26/h2-16,23-24H,1H3,(H,29,33)/t23-,24-/m1/s1. The van der Waals surface area contributed by atoms with Gasteiger partial charge in [0, 0.05) is 18.1 Å². The van der Waals surface area contributed by atoms with Crippen LogP contribution >= 0.6 is 23.6 Å². The van der Waals surface area contributed by atoms with Gasteiger partial charge in [0.25, 0.3) is 0 Å². The molecule has 1 N–H and O–H groups in total. The second-order valence-electron chi connectivity index (χ2n) is 7.96. The highest BCUT2D eigenvalue weighted by atomic mass is 32.1. The summed E-state index contributed by atoms with van der Waals surface area (Å²) in [5.41, 5.74) is 4.00. The molecule has 1 aliphatic rings. The Morgan fingerprint density at radius 3 is 2.56 bits per heavy atom. The van der Waals surface area contributed by atoms with Gasteiger partial charge in [-0.3, -0.25) is 9.55 Å². The first-order chi connectivity index (χ1) is 16.7. The lowest BCUT2D eigenvalue weighted by atomic mass is 10.0. The van der Waals surface area contributed by atoms with Crippen LogP contribution in [0.5, 0.6) is 5.75 Å². The number of thiazole rings is 1. The van der Waals surface area contributed by atoms with Crippen LogP contribution in [-0.2, 0) is 0 Å². The average molecular weight is 484 g/mol. The number of aromatic nitrogens is 3. The third-order valence-corrected chi connectivity index (χ3v) is 7.37. The number of pyridine rings is 1. The van der Waals surface area contributed by atoms with Crippen molar-refractivity contribution in [2.75, 3.05) is 12.0 Å². The maximum Gasteiger partial charge on any atom is 0.194 e. The number of thiocarbonyl (C=S) groups is 1. The van der Waals surface area contributed by atoms with Gasteiger partial charge in [0.15, 0.2) is 10.2 Å². The van der Waals surface area contributed by atoms with Crippen molar-refractivity contribution >= 4 is 44.6 Å². The normalized spacial score (nSPS) is 17.8. The molecule has 0 bridgehead atoms. The summed E-state index contributed by atoms with van der Waals surface area (Å²) >= 11 is 7.53. The third-order valence-electron chi connectivity index (χ3n) is 6.02. The van der Waals surface area contributed by atoms with Crippen LogP contribution in [0, 0.1) is 0 Å². The number of rotatable bonds is 5. The number of nitrogens with one attached hydrogen (secondary N) is 1. The molecule has 0 spiro atoms. The van der Waals surface area contributed by atoms with E-state index in [9.17, 15) is 0 Å². The molecule has 0 saturated carbocycles. The molecule has 0 radical (unpaired) electrons. The predicted molar refractivity (Wildman–Crippen MR) is 140 cm³/mol. The molecule has 0 amide bonds. The molecule has 3 aromatic heterocycles. The van der Waals surface area contributed by atoms with E-state index in [-0.39, 0.29) is 12.1 Å². The second-order valence-corrected chi connectivity index (χ2v) is 9.36. The van der Waals surface area contributed by atoms with Crippen molar-refractivity contribution in [3.8, 4) is 10.9 Å². The molecule has 6 rings (SSSR count). The van der Waals surface area contributed by atoms with Crippen LogP contribution < -0.4 is 15.0 Å². The summed E-state index contributed by atoms with van der Waals surface area (Å²) in [7, 11) is 1.67. The van der Waals surface area contributed by atoms with E-state index in [2.05, 4.69) is 44.2 Å². The fourth-order valence-electron chi connectivity index (χ4n) is 4.45. The minimum atomic E-state index is -0.127. The number of benzene rings is 2. The lowest BCUT2D eigenvalue weighted by Crippen LogP contribution is -2.30. The molecule has 8 heteroatoms. The number of nitrogens with zero attached hydrogens (tertiary/aromatic N) is 4. The van der Waals surface area contributed by atoms with Gasteiger partial charge in [-0.1, -0.05) is 29.5 Å². The zero-order valence-corrected chi connectivity index (χ0v) is 20.0. The Morgan fingerprint density at radius 2 is 1.79 bits per heavy atom. The van der Waals surface area contributed by atoms with E-state index in [0.717, 1.165) is 38.2 Å². The quantitative estimate of drug-likeness (QED) is 0.325. The Bertz CT molecular complexity index is 1430. The molecule has 168 valence electrons. The molecule has 1 fully saturated rings. The molecular weight excluding hydrogens is 462 g/mol. The van der Waals surface area contributed by atoms with Crippen LogP contribution in [0.2, 0.25) is 0 Å². The van der Waals surface area contributed by atoms with Crippen molar-refractivity contribution in [2.24, 2.45) is 0 Å². The van der Waals surface area contributed by atoms with E-state index in [0.29, 0.717) is 5.11 Å². The van der Waals surface area contributed by atoms with E-state index in [1.165, 1.54) is 0 Å². The van der Waals surface area contributed by atoms with Crippen LogP contribution in [0.4, 0.5) is 5.69 Å². The number of methoxy groups -OCH3 is 1. The monoisotopic (exact) mass is 483 g/mol. The van der Waals surface area contributed by atoms with Crippen molar-refractivity contribution in [3.05, 3.63) is 103 Å². The second kappa shape index (κ2) is 8.55. The van der Waals surface area contributed by atoms with Crippen molar-refractivity contribution < 1.29 is 4.74 Å². The Balaban J connectivity index is 1.50. The Kier molecular flexibility index (Phi) is 5.24. The summed E-state index contributed by atoms with van der Waals surface area (Å²) in [5, 5.41) is 5.10. The van der Waals surface area contributed by atoms with Gasteiger partial charge in [-0.2, -0.15) is 0 Å². The average Bonchev–Trinajstić information content (AvgIpc) is 3.60. The molecule has 0 aliphatic carbocycles. The van der Waals surface area contributed by atoms with Gasteiger partial charge >= 0.3 is 0 Å². The molecule has 1 saturated heterocycles. The molecule has 2 atom stereocenters. The van der Waals surface area contributed by atoms with Crippen molar-refractivity contribution in [1.29, 1.82) is 0 Å². The molecule has 5 aromatic rings. The summed E-state index contributed by atoms with van der Waals surface area (Å²) in [4.78, 5) is 11.7. The van der Waals surface area contributed by atoms with E-state index >= 15 is 0 Å². The highest BCUT2D eigenvalue weighted by Gasteiger charge is 2.42. The lowest BCUT2D eigenvalue weighted by Gasteiger charge is -2.28. The lowest BCUT2D eigenvalue weighted by molar-refractivity contribution is 0.415. The zero-order chi connectivity index (χ0) is 23.1. The number of para-hydroxylation sites is 1. The van der Waals surface area contributed by atoms with Crippen molar-refractivity contribution in [1.82, 2.24) is 19.9 Å². The number of anilines is 1. The number of hydrogen-bond acceptors (Lipinski definition) is 5. The zero-order valence-electron chi connectivity index (χ0n) is 18.3. The molecular formula is C26H21N5OS2. The van der Waals surface area contributed by atoms with Crippen LogP contribution in [0.15, 0.2) is 91.3 Å². The summed E-state index contributed by atoms with van der Waals surface area (Å²) in [6.45, 7) is 0. The van der Waals surface area contributed by atoms with Crippen LogP contribution in [0.1, 0.15) is 23.5 Å². The van der Waals surface area contributed by atoms with E-state index < -0.39 is 0 Å². The molecule has 1 aliphatic heterocycles. The van der Waals surface area contributed by atoms with Crippen molar-refractivity contribution in [3.63, 3.8) is 0 Å². The topological polar surface area (TPSA) is 55.2 Å². The maximum absolute atomic E-state index is 5.86.